The van der Waals surface area contributed by atoms with Crippen LogP contribution in [0.3, 0.4) is 0 Å². The van der Waals surface area contributed by atoms with Crippen LogP contribution < -0.4 is 5.32 Å². The third-order valence-electron chi connectivity index (χ3n) is 4.34. The van der Waals surface area contributed by atoms with E-state index in [9.17, 15) is 9.90 Å². The van der Waals surface area contributed by atoms with E-state index in [2.05, 4.69) is 12.2 Å². The van der Waals surface area contributed by atoms with Crippen molar-refractivity contribution in [2.45, 2.75) is 44.6 Å². The minimum Gasteiger partial charge on any atom is -0.394 e. The first-order valence-corrected chi connectivity index (χ1v) is 6.67. The molecule has 1 amide bonds. The zero-order valence-electron chi connectivity index (χ0n) is 10.6. The average molecular weight is 241 g/mol. The fourth-order valence-electron chi connectivity index (χ4n) is 2.97. The largest absolute Gasteiger partial charge is 0.394 e. The number of hydrogen-bond donors (Lipinski definition) is 2. The minimum absolute atomic E-state index is 0.0171. The highest BCUT2D eigenvalue weighted by Gasteiger charge is 2.37. The molecule has 2 atom stereocenters. The van der Waals surface area contributed by atoms with Crippen molar-refractivity contribution in [1.82, 2.24) is 5.32 Å². The van der Waals surface area contributed by atoms with Crippen molar-refractivity contribution in [3.05, 3.63) is 0 Å². The van der Waals surface area contributed by atoms with Gasteiger partial charge >= 0.3 is 0 Å². The molecule has 0 radical (unpaired) electrons. The molecule has 2 unspecified atom stereocenters. The summed E-state index contributed by atoms with van der Waals surface area (Å²) in [5.74, 6) is 0.748. The van der Waals surface area contributed by atoms with Crippen molar-refractivity contribution >= 4 is 5.91 Å². The van der Waals surface area contributed by atoms with E-state index in [0.717, 1.165) is 32.1 Å². The number of hydrogen-bond acceptors (Lipinski definition) is 3. The number of amides is 1. The number of nitrogens with one attached hydrogen (secondary N) is 1. The van der Waals surface area contributed by atoms with Gasteiger partial charge in [-0.1, -0.05) is 13.3 Å². The standard InChI is InChI=1S/C13H23NO3/c1-10-3-2-4-11(10)12(16)14-13(9-15)5-7-17-8-6-13/h10-11,15H,2-9H2,1H3,(H,14,16). The summed E-state index contributed by atoms with van der Waals surface area (Å²) in [7, 11) is 0. The van der Waals surface area contributed by atoms with Gasteiger partial charge in [-0.05, 0) is 31.6 Å². The zero-order chi connectivity index (χ0) is 12.3. The summed E-state index contributed by atoms with van der Waals surface area (Å²) < 4.78 is 5.29. The molecular formula is C13H23NO3. The second kappa shape index (κ2) is 5.36. The van der Waals surface area contributed by atoms with Crippen LogP contribution in [0.25, 0.3) is 0 Å². The molecule has 0 aromatic heterocycles. The summed E-state index contributed by atoms with van der Waals surface area (Å²) in [6, 6.07) is 0. The topological polar surface area (TPSA) is 58.6 Å². The fraction of sp³-hybridized carbons (Fsp3) is 0.923. The molecule has 2 rings (SSSR count). The summed E-state index contributed by atoms with van der Waals surface area (Å²) in [6.45, 7) is 3.41. The van der Waals surface area contributed by atoms with E-state index in [1.165, 1.54) is 0 Å². The van der Waals surface area contributed by atoms with Gasteiger partial charge in [0.15, 0.2) is 0 Å². The van der Waals surface area contributed by atoms with E-state index >= 15 is 0 Å². The van der Waals surface area contributed by atoms with Crippen LogP contribution in [0.15, 0.2) is 0 Å². The molecule has 2 N–H and O–H groups in total. The molecule has 1 saturated carbocycles. The monoisotopic (exact) mass is 241 g/mol. The maximum Gasteiger partial charge on any atom is 0.223 e. The molecule has 0 aromatic rings. The molecule has 0 bridgehead atoms. The molecule has 2 fully saturated rings. The van der Waals surface area contributed by atoms with E-state index < -0.39 is 5.54 Å². The fourth-order valence-corrected chi connectivity index (χ4v) is 2.97. The number of rotatable bonds is 3. The molecule has 4 heteroatoms. The molecule has 1 aliphatic carbocycles. The van der Waals surface area contributed by atoms with E-state index in [4.69, 9.17) is 4.74 Å². The van der Waals surface area contributed by atoms with Gasteiger partial charge in [-0.3, -0.25) is 4.79 Å². The lowest BCUT2D eigenvalue weighted by Crippen LogP contribution is -2.56. The molecule has 1 saturated heterocycles. The Bertz CT molecular complexity index is 274. The van der Waals surface area contributed by atoms with E-state index in [1.807, 2.05) is 0 Å². The van der Waals surface area contributed by atoms with Gasteiger partial charge in [0.05, 0.1) is 12.1 Å². The Balaban J connectivity index is 1.95. The first-order valence-electron chi connectivity index (χ1n) is 6.67. The average Bonchev–Trinajstić information content (AvgIpc) is 2.77. The van der Waals surface area contributed by atoms with Crippen LogP contribution in [0.5, 0.6) is 0 Å². The Hall–Kier alpha value is -0.610. The maximum atomic E-state index is 12.2. The Kier molecular flexibility index (Phi) is 4.05. The van der Waals surface area contributed by atoms with Gasteiger partial charge in [0, 0.05) is 19.1 Å². The van der Waals surface area contributed by atoms with Crippen LogP contribution in [0.1, 0.15) is 39.0 Å². The second-order valence-electron chi connectivity index (χ2n) is 5.55. The number of aliphatic hydroxyl groups is 1. The Morgan fingerprint density at radius 2 is 2.12 bits per heavy atom. The van der Waals surface area contributed by atoms with Gasteiger partial charge in [-0.15, -0.1) is 0 Å². The molecule has 2 aliphatic rings. The molecule has 0 spiro atoms. The van der Waals surface area contributed by atoms with Gasteiger partial charge < -0.3 is 15.2 Å². The first kappa shape index (κ1) is 12.8. The summed E-state index contributed by atoms with van der Waals surface area (Å²) in [5.41, 5.74) is -0.433. The maximum absolute atomic E-state index is 12.2. The van der Waals surface area contributed by atoms with Crippen LogP contribution in [-0.2, 0) is 9.53 Å². The van der Waals surface area contributed by atoms with Crippen molar-refractivity contribution in [2.75, 3.05) is 19.8 Å². The molecule has 1 heterocycles. The lowest BCUT2D eigenvalue weighted by molar-refractivity contribution is -0.130. The third kappa shape index (κ3) is 2.80. The summed E-state index contributed by atoms with van der Waals surface area (Å²) in [6.07, 6.45) is 4.72. The SMILES string of the molecule is CC1CCCC1C(=O)NC1(CO)CCOCC1. The summed E-state index contributed by atoms with van der Waals surface area (Å²) >= 11 is 0. The highest BCUT2D eigenvalue weighted by Crippen LogP contribution is 2.32. The van der Waals surface area contributed by atoms with Crippen LogP contribution >= 0.6 is 0 Å². The van der Waals surface area contributed by atoms with E-state index in [-0.39, 0.29) is 18.4 Å². The molecule has 98 valence electrons. The number of carbonyl (C=O) groups excluding carboxylic acids is 1. The highest BCUT2D eigenvalue weighted by atomic mass is 16.5. The molecule has 17 heavy (non-hydrogen) atoms. The predicted octanol–water partition coefficient (Wildman–Crippen LogP) is 1.08. The van der Waals surface area contributed by atoms with Gasteiger partial charge in [0.25, 0.3) is 0 Å². The number of carbonyl (C=O) groups is 1. The van der Waals surface area contributed by atoms with Gasteiger partial charge in [-0.2, -0.15) is 0 Å². The zero-order valence-corrected chi connectivity index (χ0v) is 10.6. The lowest BCUT2D eigenvalue weighted by atomic mass is 9.88. The van der Waals surface area contributed by atoms with Crippen molar-refractivity contribution in [2.24, 2.45) is 11.8 Å². The van der Waals surface area contributed by atoms with Crippen LogP contribution in [-0.4, -0.2) is 36.4 Å². The summed E-state index contributed by atoms with van der Waals surface area (Å²) in [5, 5.41) is 12.6. The molecular weight excluding hydrogens is 218 g/mol. The molecule has 0 aromatic carbocycles. The van der Waals surface area contributed by atoms with Crippen molar-refractivity contribution in [1.29, 1.82) is 0 Å². The van der Waals surface area contributed by atoms with E-state index in [0.29, 0.717) is 19.1 Å². The molecule has 1 aliphatic heterocycles. The van der Waals surface area contributed by atoms with Gasteiger partial charge in [0.1, 0.15) is 0 Å². The molecule has 4 nitrogen and oxygen atoms in total. The lowest BCUT2D eigenvalue weighted by Gasteiger charge is -2.37. The van der Waals surface area contributed by atoms with Crippen LogP contribution in [0.4, 0.5) is 0 Å². The Morgan fingerprint density at radius 1 is 1.41 bits per heavy atom. The van der Waals surface area contributed by atoms with Gasteiger partial charge in [-0.25, -0.2) is 0 Å². The Labute approximate surface area is 103 Å². The van der Waals surface area contributed by atoms with Crippen molar-refractivity contribution in [3.8, 4) is 0 Å². The van der Waals surface area contributed by atoms with E-state index in [1.54, 1.807) is 0 Å². The minimum atomic E-state index is -0.433. The summed E-state index contributed by atoms with van der Waals surface area (Å²) in [4.78, 5) is 12.2. The third-order valence-corrected chi connectivity index (χ3v) is 4.34. The van der Waals surface area contributed by atoms with Crippen LogP contribution in [0.2, 0.25) is 0 Å². The number of ether oxygens (including phenoxy) is 1. The smallest absolute Gasteiger partial charge is 0.223 e. The normalized spacial score (nSPS) is 32.4. The Morgan fingerprint density at radius 3 is 2.65 bits per heavy atom. The van der Waals surface area contributed by atoms with Crippen LogP contribution in [0, 0.1) is 11.8 Å². The second-order valence-corrected chi connectivity index (χ2v) is 5.55. The first-order chi connectivity index (χ1) is 8.17. The van der Waals surface area contributed by atoms with Gasteiger partial charge in [0.2, 0.25) is 5.91 Å². The van der Waals surface area contributed by atoms with Crippen molar-refractivity contribution in [3.63, 3.8) is 0 Å². The van der Waals surface area contributed by atoms with Crippen molar-refractivity contribution < 1.29 is 14.6 Å². The number of aliphatic hydroxyl groups excluding tert-OH is 1. The highest BCUT2D eigenvalue weighted by molar-refractivity contribution is 5.80. The predicted molar refractivity (Wildman–Crippen MR) is 64.5 cm³/mol. The quantitative estimate of drug-likeness (QED) is 0.777.